The van der Waals surface area contributed by atoms with Gasteiger partial charge in [0.15, 0.2) is 6.29 Å². The lowest BCUT2D eigenvalue weighted by atomic mass is 9.62. The number of ether oxygens (including phenoxy) is 1. The monoisotopic (exact) mass is 170 g/mol. The van der Waals surface area contributed by atoms with Crippen LogP contribution >= 0.6 is 0 Å². The van der Waals surface area contributed by atoms with Crippen LogP contribution in [-0.4, -0.2) is 18.5 Å². The summed E-state index contributed by atoms with van der Waals surface area (Å²) in [5.41, 5.74) is -0.638. The summed E-state index contributed by atoms with van der Waals surface area (Å²) < 4.78 is 5.55. The largest absolute Gasteiger partial charge is 0.367 e. The molecule has 12 heavy (non-hydrogen) atoms. The summed E-state index contributed by atoms with van der Waals surface area (Å²) >= 11 is 0. The van der Waals surface area contributed by atoms with Crippen LogP contribution in [0.1, 0.15) is 34.6 Å². The molecule has 70 valence electrons. The molecule has 1 aliphatic rings. The molecule has 0 radical (unpaired) electrons. The topological polar surface area (TPSA) is 26.3 Å². The van der Waals surface area contributed by atoms with Crippen LogP contribution in [0.15, 0.2) is 0 Å². The average Bonchev–Trinajstić information content (AvgIpc) is 2.12. The predicted octanol–water partition coefficient (Wildman–Crippen LogP) is 2.03. The number of carbonyl (C=O) groups is 1. The fourth-order valence-electron chi connectivity index (χ4n) is 1.54. The van der Waals surface area contributed by atoms with Crippen LogP contribution in [0.5, 0.6) is 0 Å². The molecule has 1 rings (SSSR count). The fourth-order valence-corrected chi connectivity index (χ4v) is 1.54. The van der Waals surface area contributed by atoms with E-state index in [9.17, 15) is 4.79 Å². The van der Waals surface area contributed by atoms with Gasteiger partial charge in [-0.05, 0) is 12.3 Å². The molecule has 0 N–H and O–H groups in total. The molecule has 0 saturated carbocycles. The summed E-state index contributed by atoms with van der Waals surface area (Å²) in [5.74, 6) is 0. The normalized spacial score (nSPS) is 38.1. The number of carbonyl (C=O) groups excluding carboxylic acids is 1. The molecule has 1 aliphatic heterocycles. The van der Waals surface area contributed by atoms with Gasteiger partial charge >= 0.3 is 0 Å². The van der Waals surface area contributed by atoms with Gasteiger partial charge in [0, 0.05) is 5.41 Å². The van der Waals surface area contributed by atoms with E-state index in [-0.39, 0.29) is 10.8 Å². The number of hydrogen-bond acceptors (Lipinski definition) is 2. The van der Waals surface area contributed by atoms with E-state index < -0.39 is 5.60 Å². The van der Waals surface area contributed by atoms with E-state index in [2.05, 4.69) is 27.7 Å². The summed E-state index contributed by atoms with van der Waals surface area (Å²) in [7, 11) is 0. The van der Waals surface area contributed by atoms with Crippen molar-refractivity contribution in [1.82, 2.24) is 0 Å². The van der Waals surface area contributed by atoms with Gasteiger partial charge < -0.3 is 9.53 Å². The zero-order valence-electron chi connectivity index (χ0n) is 8.60. The summed E-state index contributed by atoms with van der Waals surface area (Å²) in [6.07, 6.45) is 0.932. The van der Waals surface area contributed by atoms with E-state index in [0.717, 1.165) is 6.29 Å². The Morgan fingerprint density at radius 2 is 1.67 bits per heavy atom. The van der Waals surface area contributed by atoms with Crippen LogP contribution in [-0.2, 0) is 9.53 Å². The van der Waals surface area contributed by atoms with E-state index in [1.807, 2.05) is 6.92 Å². The minimum Gasteiger partial charge on any atom is -0.367 e. The van der Waals surface area contributed by atoms with Crippen molar-refractivity contribution in [3.8, 4) is 0 Å². The highest BCUT2D eigenvalue weighted by molar-refractivity contribution is 5.64. The van der Waals surface area contributed by atoms with Gasteiger partial charge in [0.05, 0.1) is 6.61 Å². The Hall–Kier alpha value is -0.370. The highest BCUT2D eigenvalue weighted by Gasteiger charge is 2.57. The van der Waals surface area contributed by atoms with Crippen molar-refractivity contribution in [3.05, 3.63) is 0 Å². The highest BCUT2D eigenvalue weighted by Crippen LogP contribution is 2.53. The molecule has 0 aromatic heterocycles. The van der Waals surface area contributed by atoms with E-state index in [4.69, 9.17) is 4.74 Å². The standard InChI is InChI=1S/C10H18O2/c1-8(2)7-12-10(5,6-11)9(8,3)4/h6H,7H2,1-5H3. The summed E-state index contributed by atoms with van der Waals surface area (Å²) in [6, 6.07) is 0. The van der Waals surface area contributed by atoms with Crippen LogP contribution in [0.3, 0.4) is 0 Å². The zero-order chi connectivity index (χ0) is 9.62. The molecule has 0 aromatic carbocycles. The highest BCUT2D eigenvalue weighted by atomic mass is 16.5. The quantitative estimate of drug-likeness (QED) is 0.563. The molecule has 0 spiro atoms. The molecule has 1 saturated heterocycles. The second-order valence-corrected chi connectivity index (χ2v) is 5.02. The van der Waals surface area contributed by atoms with Crippen molar-refractivity contribution >= 4 is 6.29 Å². The van der Waals surface area contributed by atoms with Crippen molar-refractivity contribution in [2.75, 3.05) is 6.61 Å². The number of rotatable bonds is 1. The second kappa shape index (κ2) is 2.32. The van der Waals surface area contributed by atoms with Crippen LogP contribution in [0, 0.1) is 10.8 Å². The first-order valence-corrected chi connectivity index (χ1v) is 4.37. The van der Waals surface area contributed by atoms with Crippen LogP contribution in [0.2, 0.25) is 0 Å². The van der Waals surface area contributed by atoms with Crippen LogP contribution < -0.4 is 0 Å². The summed E-state index contributed by atoms with van der Waals surface area (Å²) in [4.78, 5) is 10.9. The molecule has 0 bridgehead atoms. The average molecular weight is 170 g/mol. The Morgan fingerprint density at radius 1 is 1.17 bits per heavy atom. The van der Waals surface area contributed by atoms with Crippen molar-refractivity contribution in [2.24, 2.45) is 10.8 Å². The third-order valence-electron chi connectivity index (χ3n) is 3.89. The molecular weight excluding hydrogens is 152 g/mol. The minimum absolute atomic E-state index is 0.0721. The lowest BCUT2D eigenvalue weighted by Crippen LogP contribution is -2.45. The first-order valence-electron chi connectivity index (χ1n) is 4.37. The van der Waals surface area contributed by atoms with Gasteiger partial charge in [-0.3, -0.25) is 0 Å². The zero-order valence-corrected chi connectivity index (χ0v) is 8.60. The first-order chi connectivity index (χ1) is 5.27. The summed E-state index contributed by atoms with van der Waals surface area (Å²) in [5, 5.41) is 0. The molecule has 0 aliphatic carbocycles. The summed E-state index contributed by atoms with van der Waals surface area (Å²) in [6.45, 7) is 11.0. The third kappa shape index (κ3) is 0.939. The Balaban J connectivity index is 3.08. The lowest BCUT2D eigenvalue weighted by molar-refractivity contribution is -0.131. The van der Waals surface area contributed by atoms with E-state index >= 15 is 0 Å². The Bertz CT molecular complexity index is 206. The molecule has 2 nitrogen and oxygen atoms in total. The van der Waals surface area contributed by atoms with Gasteiger partial charge in [-0.2, -0.15) is 0 Å². The second-order valence-electron chi connectivity index (χ2n) is 5.02. The maximum Gasteiger partial charge on any atom is 0.152 e. The van der Waals surface area contributed by atoms with E-state index in [1.165, 1.54) is 0 Å². The molecule has 1 unspecified atom stereocenters. The van der Waals surface area contributed by atoms with Crippen molar-refractivity contribution in [1.29, 1.82) is 0 Å². The van der Waals surface area contributed by atoms with Crippen molar-refractivity contribution in [3.63, 3.8) is 0 Å². The van der Waals surface area contributed by atoms with Crippen molar-refractivity contribution < 1.29 is 9.53 Å². The predicted molar refractivity (Wildman–Crippen MR) is 48.0 cm³/mol. The number of hydrogen-bond donors (Lipinski definition) is 0. The van der Waals surface area contributed by atoms with Gasteiger partial charge in [-0.1, -0.05) is 27.7 Å². The SMILES string of the molecule is CC1(C)COC(C)(C=O)C1(C)C. The molecule has 0 amide bonds. The maximum absolute atomic E-state index is 10.9. The molecule has 1 heterocycles. The molecular formula is C10H18O2. The Labute approximate surface area is 74.3 Å². The third-order valence-corrected chi connectivity index (χ3v) is 3.89. The minimum atomic E-state index is -0.615. The Morgan fingerprint density at radius 3 is 1.83 bits per heavy atom. The van der Waals surface area contributed by atoms with Crippen LogP contribution in [0.25, 0.3) is 0 Å². The van der Waals surface area contributed by atoms with Gasteiger partial charge in [0.25, 0.3) is 0 Å². The fraction of sp³-hybridized carbons (Fsp3) is 0.900. The van der Waals surface area contributed by atoms with Gasteiger partial charge in [0.2, 0.25) is 0 Å². The smallest absolute Gasteiger partial charge is 0.152 e. The maximum atomic E-state index is 10.9. The first kappa shape index (κ1) is 9.72. The Kier molecular flexibility index (Phi) is 1.88. The molecule has 1 fully saturated rings. The molecule has 2 heteroatoms. The number of aldehydes is 1. The van der Waals surface area contributed by atoms with Crippen molar-refractivity contribution in [2.45, 2.75) is 40.2 Å². The lowest BCUT2D eigenvalue weighted by Gasteiger charge is -2.40. The van der Waals surface area contributed by atoms with Gasteiger partial charge in [-0.25, -0.2) is 0 Å². The van der Waals surface area contributed by atoms with E-state index in [1.54, 1.807) is 0 Å². The van der Waals surface area contributed by atoms with Gasteiger partial charge in [-0.15, -0.1) is 0 Å². The van der Waals surface area contributed by atoms with E-state index in [0.29, 0.717) is 6.61 Å². The molecule has 1 atom stereocenters. The van der Waals surface area contributed by atoms with Crippen LogP contribution in [0.4, 0.5) is 0 Å². The van der Waals surface area contributed by atoms with Gasteiger partial charge in [0.1, 0.15) is 5.60 Å². The molecule has 0 aromatic rings.